The molecule has 0 aromatic carbocycles. The van der Waals surface area contributed by atoms with E-state index in [4.69, 9.17) is 0 Å². The van der Waals surface area contributed by atoms with E-state index >= 15 is 0 Å². The number of hydrogen-bond donors (Lipinski definition) is 2. The highest BCUT2D eigenvalue weighted by Crippen LogP contribution is 2.16. The molecule has 0 aliphatic heterocycles. The predicted octanol–water partition coefficient (Wildman–Crippen LogP) is 1.52. The van der Waals surface area contributed by atoms with Crippen LogP contribution in [-0.2, 0) is 0 Å². The highest BCUT2D eigenvalue weighted by Gasteiger charge is 2.12. The molecule has 1 saturated carbocycles. The second-order valence-electron chi connectivity index (χ2n) is 3.93. The van der Waals surface area contributed by atoms with Gasteiger partial charge in [-0.2, -0.15) is 0 Å². The van der Waals surface area contributed by atoms with Crippen molar-refractivity contribution in [2.24, 2.45) is 0 Å². The standard InChI is InChI=1S/C10H22N2/c1-9(11-2)8-12-10-6-4-3-5-7-10/h9-12H,3-8H2,1-2H3. The Labute approximate surface area is 76.1 Å². The van der Waals surface area contributed by atoms with Gasteiger partial charge >= 0.3 is 0 Å². The molecule has 0 aromatic rings. The zero-order chi connectivity index (χ0) is 8.81. The Balaban J connectivity index is 2.05. The fraction of sp³-hybridized carbons (Fsp3) is 1.00. The SMILES string of the molecule is CNC(C)CNC1CCCCC1. The molecule has 2 heteroatoms. The van der Waals surface area contributed by atoms with Crippen molar-refractivity contribution < 1.29 is 0 Å². The van der Waals surface area contributed by atoms with E-state index in [2.05, 4.69) is 17.6 Å². The number of nitrogens with one attached hydrogen (secondary N) is 2. The van der Waals surface area contributed by atoms with Gasteiger partial charge in [0.05, 0.1) is 0 Å². The molecule has 1 unspecified atom stereocenters. The largest absolute Gasteiger partial charge is 0.316 e. The van der Waals surface area contributed by atoms with Crippen LogP contribution in [0, 0.1) is 0 Å². The Morgan fingerprint density at radius 2 is 1.92 bits per heavy atom. The van der Waals surface area contributed by atoms with Crippen molar-refractivity contribution in [3.63, 3.8) is 0 Å². The normalized spacial score (nSPS) is 22.5. The molecule has 1 atom stereocenters. The second-order valence-corrected chi connectivity index (χ2v) is 3.93. The molecule has 0 saturated heterocycles. The van der Waals surface area contributed by atoms with Gasteiger partial charge in [0.2, 0.25) is 0 Å². The maximum atomic E-state index is 3.61. The van der Waals surface area contributed by atoms with Crippen molar-refractivity contribution in [2.45, 2.75) is 51.1 Å². The summed E-state index contributed by atoms with van der Waals surface area (Å²) in [4.78, 5) is 0. The molecule has 1 aliphatic carbocycles. The fourth-order valence-electron chi connectivity index (χ4n) is 1.75. The molecule has 2 nitrogen and oxygen atoms in total. The van der Waals surface area contributed by atoms with Gasteiger partial charge in [-0.25, -0.2) is 0 Å². The van der Waals surface area contributed by atoms with Crippen molar-refractivity contribution in [3.8, 4) is 0 Å². The first-order valence-electron chi connectivity index (χ1n) is 5.23. The second kappa shape index (κ2) is 5.55. The fourth-order valence-corrected chi connectivity index (χ4v) is 1.75. The average molecular weight is 170 g/mol. The molecule has 1 aliphatic rings. The van der Waals surface area contributed by atoms with Gasteiger partial charge < -0.3 is 10.6 Å². The van der Waals surface area contributed by atoms with Crippen LogP contribution in [0.5, 0.6) is 0 Å². The summed E-state index contributed by atoms with van der Waals surface area (Å²) < 4.78 is 0. The summed E-state index contributed by atoms with van der Waals surface area (Å²) in [7, 11) is 2.02. The quantitative estimate of drug-likeness (QED) is 0.668. The predicted molar refractivity (Wildman–Crippen MR) is 53.4 cm³/mol. The highest BCUT2D eigenvalue weighted by atomic mass is 15.0. The van der Waals surface area contributed by atoms with E-state index < -0.39 is 0 Å². The molecule has 0 aromatic heterocycles. The summed E-state index contributed by atoms with van der Waals surface area (Å²) in [5, 5.41) is 6.85. The first-order valence-corrected chi connectivity index (χ1v) is 5.23. The summed E-state index contributed by atoms with van der Waals surface area (Å²) >= 11 is 0. The third-order valence-electron chi connectivity index (χ3n) is 2.81. The Hall–Kier alpha value is -0.0800. The van der Waals surface area contributed by atoms with Gasteiger partial charge in [0.25, 0.3) is 0 Å². The molecule has 12 heavy (non-hydrogen) atoms. The van der Waals surface area contributed by atoms with E-state index in [0.717, 1.165) is 12.6 Å². The van der Waals surface area contributed by atoms with E-state index in [-0.39, 0.29) is 0 Å². The summed E-state index contributed by atoms with van der Waals surface area (Å²) in [6.45, 7) is 3.33. The first-order chi connectivity index (χ1) is 5.83. The maximum Gasteiger partial charge on any atom is 0.0161 e. The molecule has 0 amide bonds. The van der Waals surface area contributed by atoms with Crippen molar-refractivity contribution in [1.82, 2.24) is 10.6 Å². The van der Waals surface area contributed by atoms with Gasteiger partial charge in [-0.15, -0.1) is 0 Å². The minimum atomic E-state index is 0.604. The molecule has 0 radical (unpaired) electrons. The van der Waals surface area contributed by atoms with Gasteiger partial charge in [0.15, 0.2) is 0 Å². The average Bonchev–Trinajstić information content (AvgIpc) is 2.16. The Bertz CT molecular complexity index is 108. The lowest BCUT2D eigenvalue weighted by atomic mass is 9.95. The minimum Gasteiger partial charge on any atom is -0.316 e. The Kier molecular flexibility index (Phi) is 4.62. The van der Waals surface area contributed by atoms with Crippen molar-refractivity contribution in [2.75, 3.05) is 13.6 Å². The van der Waals surface area contributed by atoms with Crippen LogP contribution in [0.2, 0.25) is 0 Å². The topological polar surface area (TPSA) is 24.1 Å². The van der Waals surface area contributed by atoms with Gasteiger partial charge in [-0.1, -0.05) is 19.3 Å². The molecule has 0 spiro atoms. The molecular formula is C10H22N2. The molecular weight excluding hydrogens is 148 g/mol. The van der Waals surface area contributed by atoms with Crippen molar-refractivity contribution >= 4 is 0 Å². The van der Waals surface area contributed by atoms with Crippen LogP contribution in [0.15, 0.2) is 0 Å². The van der Waals surface area contributed by atoms with Crippen molar-refractivity contribution in [1.29, 1.82) is 0 Å². The third-order valence-corrected chi connectivity index (χ3v) is 2.81. The Morgan fingerprint density at radius 1 is 1.25 bits per heavy atom. The smallest absolute Gasteiger partial charge is 0.0161 e. The van der Waals surface area contributed by atoms with Gasteiger partial charge in [0, 0.05) is 18.6 Å². The van der Waals surface area contributed by atoms with E-state index in [0.29, 0.717) is 6.04 Å². The van der Waals surface area contributed by atoms with E-state index in [1.165, 1.54) is 32.1 Å². The summed E-state index contributed by atoms with van der Waals surface area (Å²) in [5.74, 6) is 0. The zero-order valence-corrected chi connectivity index (χ0v) is 8.40. The summed E-state index contributed by atoms with van der Waals surface area (Å²) in [5.41, 5.74) is 0. The molecule has 72 valence electrons. The van der Waals surface area contributed by atoms with Gasteiger partial charge in [-0.05, 0) is 26.8 Å². The highest BCUT2D eigenvalue weighted by molar-refractivity contribution is 4.73. The molecule has 0 bridgehead atoms. The Morgan fingerprint density at radius 3 is 2.50 bits per heavy atom. The zero-order valence-electron chi connectivity index (χ0n) is 8.40. The lowest BCUT2D eigenvalue weighted by Crippen LogP contribution is -2.40. The van der Waals surface area contributed by atoms with Crippen molar-refractivity contribution in [3.05, 3.63) is 0 Å². The summed E-state index contributed by atoms with van der Waals surface area (Å²) in [6, 6.07) is 1.40. The maximum absolute atomic E-state index is 3.61. The van der Waals surface area contributed by atoms with Crippen LogP contribution in [-0.4, -0.2) is 25.7 Å². The van der Waals surface area contributed by atoms with Gasteiger partial charge in [0.1, 0.15) is 0 Å². The minimum absolute atomic E-state index is 0.604. The molecule has 1 fully saturated rings. The van der Waals surface area contributed by atoms with Crippen LogP contribution in [0.4, 0.5) is 0 Å². The van der Waals surface area contributed by atoms with E-state index in [1.54, 1.807) is 0 Å². The molecule has 2 N–H and O–H groups in total. The van der Waals surface area contributed by atoms with Crippen LogP contribution in [0.1, 0.15) is 39.0 Å². The lowest BCUT2D eigenvalue weighted by Gasteiger charge is -2.24. The summed E-state index contributed by atoms with van der Waals surface area (Å²) in [6.07, 6.45) is 7.06. The van der Waals surface area contributed by atoms with Gasteiger partial charge in [-0.3, -0.25) is 0 Å². The first kappa shape index (κ1) is 10.0. The number of hydrogen-bond acceptors (Lipinski definition) is 2. The number of rotatable bonds is 4. The van der Waals surface area contributed by atoms with E-state index in [9.17, 15) is 0 Å². The lowest BCUT2D eigenvalue weighted by molar-refractivity contribution is 0.360. The molecule has 1 rings (SSSR count). The third kappa shape index (κ3) is 3.55. The van der Waals surface area contributed by atoms with Crippen LogP contribution < -0.4 is 10.6 Å². The number of likely N-dealkylation sites (N-methyl/N-ethyl adjacent to an activating group) is 1. The monoisotopic (exact) mass is 170 g/mol. The van der Waals surface area contributed by atoms with Crippen LogP contribution in [0.25, 0.3) is 0 Å². The van der Waals surface area contributed by atoms with Crippen LogP contribution in [0.3, 0.4) is 0 Å². The van der Waals surface area contributed by atoms with E-state index in [1.807, 2.05) is 7.05 Å². The molecule has 0 heterocycles. The van der Waals surface area contributed by atoms with Crippen LogP contribution >= 0.6 is 0 Å².